The molecule has 1 saturated heterocycles. The van der Waals surface area contributed by atoms with Crippen molar-refractivity contribution >= 4 is 11.7 Å². The third kappa shape index (κ3) is 5.68. The number of carbonyl (C=O) groups is 1. The van der Waals surface area contributed by atoms with Crippen LogP contribution in [0.15, 0.2) is 76.4 Å². The molecular weight excluding hydrogens is 482 g/mol. The number of rotatable bonds is 9. The largest absolute Gasteiger partial charge is 0.454 e. The van der Waals surface area contributed by atoms with Crippen molar-refractivity contribution in [1.82, 2.24) is 9.13 Å². The molecule has 0 unspecified atom stereocenters. The zero-order valence-corrected chi connectivity index (χ0v) is 20.4. The van der Waals surface area contributed by atoms with Crippen LogP contribution in [0.1, 0.15) is 42.4 Å². The molecule has 3 aromatic rings. The van der Waals surface area contributed by atoms with Gasteiger partial charge in [0.1, 0.15) is 6.73 Å². The van der Waals surface area contributed by atoms with Crippen molar-refractivity contribution in [3.8, 4) is 0 Å². The van der Waals surface area contributed by atoms with Crippen LogP contribution in [0.3, 0.4) is 0 Å². The molecule has 37 heavy (non-hydrogen) atoms. The summed E-state index contributed by atoms with van der Waals surface area (Å²) in [7, 11) is 0. The average molecular weight is 510 g/mol. The molecule has 4 atom stereocenters. The molecule has 1 aromatic heterocycles. The van der Waals surface area contributed by atoms with E-state index in [0.29, 0.717) is 6.42 Å². The third-order valence-electron chi connectivity index (χ3n) is 6.36. The first kappa shape index (κ1) is 26.0. The van der Waals surface area contributed by atoms with E-state index in [1.54, 1.807) is 0 Å². The first-order chi connectivity index (χ1) is 17.8. The van der Waals surface area contributed by atoms with Crippen molar-refractivity contribution < 1.29 is 23.9 Å². The highest BCUT2D eigenvalue weighted by Gasteiger charge is 2.45. The van der Waals surface area contributed by atoms with Crippen molar-refractivity contribution in [2.75, 3.05) is 0 Å². The van der Waals surface area contributed by atoms with E-state index in [9.17, 15) is 24.5 Å². The average Bonchev–Trinajstić information content (AvgIpc) is 3.21. The normalized spacial score (nSPS) is 21.0. The number of non-ortho nitro benzene ring substituents is 1. The molecule has 0 radical (unpaired) electrons. The lowest BCUT2D eigenvalue weighted by Gasteiger charge is -2.23. The predicted octanol–water partition coefficient (Wildman–Crippen LogP) is 3.26. The number of nitro benzene ring substituents is 1. The minimum Gasteiger partial charge on any atom is -0.454 e. The smallest absolute Gasteiger partial charge is 0.338 e. The number of esters is 1. The van der Waals surface area contributed by atoms with Gasteiger partial charge in [-0.25, -0.2) is 14.2 Å². The lowest BCUT2D eigenvalue weighted by atomic mass is 9.98. The highest BCUT2D eigenvalue weighted by atomic mass is 16.6. The maximum absolute atomic E-state index is 13.3. The molecule has 0 amide bonds. The van der Waals surface area contributed by atoms with Crippen LogP contribution < -0.4 is 11.2 Å². The van der Waals surface area contributed by atoms with Gasteiger partial charge in [-0.05, 0) is 24.1 Å². The van der Waals surface area contributed by atoms with E-state index in [-0.39, 0.29) is 36.6 Å². The summed E-state index contributed by atoms with van der Waals surface area (Å²) in [5, 5.41) is 10.9. The fraction of sp³-hybridized carbons (Fsp3) is 0.346. The van der Waals surface area contributed by atoms with Crippen LogP contribution in [0.2, 0.25) is 0 Å². The summed E-state index contributed by atoms with van der Waals surface area (Å²) in [6.07, 6.45) is -0.198. The minimum atomic E-state index is -0.976. The van der Waals surface area contributed by atoms with Crippen molar-refractivity contribution in [3.63, 3.8) is 0 Å². The summed E-state index contributed by atoms with van der Waals surface area (Å²) in [6.45, 7) is 3.72. The quantitative estimate of drug-likeness (QED) is 0.244. The number of nitrogens with zero attached hydrogens (tertiary/aromatic N) is 3. The Labute approximate surface area is 212 Å². The predicted molar refractivity (Wildman–Crippen MR) is 132 cm³/mol. The standard InChI is InChI=1S/C26H27N3O8/c1-3-21-17(2)23(37-25(31)19-9-11-20(12-10-19)29(33)34)24(36-21)27-14-13-22(30)28(26(27)32)16-35-15-18-7-5-4-6-8-18/h4-14,17,21,23-24H,3,15-16H2,1-2H3/t17-,21-,23-,24+/m1/s1. The SMILES string of the molecule is CC[C@H]1O[C@H](n2ccc(=O)n(COCc3ccccc3)c2=O)[C@H](OC(=O)c2ccc([N+](=O)[O-])cc2)[C@@H]1C. The number of hydrogen-bond donors (Lipinski definition) is 0. The van der Waals surface area contributed by atoms with Gasteiger partial charge in [0, 0.05) is 30.3 Å². The molecule has 1 aliphatic rings. The third-order valence-corrected chi connectivity index (χ3v) is 6.36. The summed E-state index contributed by atoms with van der Waals surface area (Å²) in [5.74, 6) is -0.969. The Hall–Kier alpha value is -4.09. The summed E-state index contributed by atoms with van der Waals surface area (Å²) in [6, 6.07) is 15.6. The molecule has 1 aliphatic heterocycles. The monoisotopic (exact) mass is 509 g/mol. The molecule has 194 valence electrons. The Balaban J connectivity index is 1.56. The maximum atomic E-state index is 13.3. The zero-order valence-electron chi connectivity index (χ0n) is 20.4. The number of carbonyl (C=O) groups excluding carboxylic acids is 1. The second kappa shape index (κ2) is 11.3. The van der Waals surface area contributed by atoms with Gasteiger partial charge in [0.15, 0.2) is 12.3 Å². The molecule has 11 nitrogen and oxygen atoms in total. The van der Waals surface area contributed by atoms with E-state index in [2.05, 4.69) is 0 Å². The first-order valence-corrected chi connectivity index (χ1v) is 11.8. The number of benzene rings is 2. The summed E-state index contributed by atoms with van der Waals surface area (Å²) >= 11 is 0. The Morgan fingerprint density at radius 2 is 1.78 bits per heavy atom. The van der Waals surface area contributed by atoms with Gasteiger partial charge in [-0.3, -0.25) is 19.5 Å². The Bertz CT molecular complexity index is 1370. The fourth-order valence-electron chi connectivity index (χ4n) is 4.29. The van der Waals surface area contributed by atoms with Crippen LogP contribution in [0.5, 0.6) is 0 Å². The van der Waals surface area contributed by atoms with Gasteiger partial charge in [0.2, 0.25) is 0 Å². The Morgan fingerprint density at radius 3 is 2.43 bits per heavy atom. The molecule has 0 bridgehead atoms. The van der Waals surface area contributed by atoms with E-state index in [1.807, 2.05) is 44.2 Å². The van der Waals surface area contributed by atoms with Crippen LogP contribution in [-0.4, -0.2) is 32.2 Å². The molecular formula is C26H27N3O8. The van der Waals surface area contributed by atoms with Gasteiger partial charge < -0.3 is 14.2 Å². The van der Waals surface area contributed by atoms with Crippen molar-refractivity contribution in [2.45, 2.75) is 52.0 Å². The molecule has 1 fully saturated rings. The highest BCUT2D eigenvalue weighted by Crippen LogP contribution is 2.37. The first-order valence-electron chi connectivity index (χ1n) is 11.8. The number of aromatic nitrogens is 2. The van der Waals surface area contributed by atoms with Crippen molar-refractivity contribution in [3.05, 3.63) is 109 Å². The lowest BCUT2D eigenvalue weighted by Crippen LogP contribution is -2.43. The fourth-order valence-corrected chi connectivity index (χ4v) is 4.29. The number of nitro groups is 1. The minimum absolute atomic E-state index is 0.128. The van der Waals surface area contributed by atoms with Gasteiger partial charge in [-0.1, -0.05) is 44.2 Å². The molecule has 2 heterocycles. The van der Waals surface area contributed by atoms with Crippen LogP contribution >= 0.6 is 0 Å². The molecule has 4 rings (SSSR count). The highest BCUT2D eigenvalue weighted by molar-refractivity contribution is 5.89. The maximum Gasteiger partial charge on any atom is 0.338 e. The summed E-state index contributed by atoms with van der Waals surface area (Å²) < 4.78 is 19.6. The van der Waals surface area contributed by atoms with Gasteiger partial charge in [0.05, 0.1) is 23.2 Å². The summed E-state index contributed by atoms with van der Waals surface area (Å²) in [4.78, 5) is 48.9. The zero-order chi connectivity index (χ0) is 26.5. The molecule has 0 spiro atoms. The second-order valence-electron chi connectivity index (χ2n) is 8.74. The molecule has 2 aromatic carbocycles. The van der Waals surface area contributed by atoms with Gasteiger partial charge in [-0.2, -0.15) is 0 Å². The molecule has 0 aliphatic carbocycles. The van der Waals surface area contributed by atoms with Crippen LogP contribution in [0.25, 0.3) is 0 Å². The van der Waals surface area contributed by atoms with Gasteiger partial charge in [0.25, 0.3) is 11.2 Å². The second-order valence-corrected chi connectivity index (χ2v) is 8.74. The molecule has 11 heteroatoms. The molecule has 0 saturated carbocycles. The van der Waals surface area contributed by atoms with Crippen LogP contribution in [0, 0.1) is 16.0 Å². The molecule has 0 N–H and O–H groups in total. The van der Waals surface area contributed by atoms with Crippen LogP contribution in [0.4, 0.5) is 5.69 Å². The topological polar surface area (TPSA) is 132 Å². The van der Waals surface area contributed by atoms with Crippen LogP contribution in [-0.2, 0) is 27.5 Å². The van der Waals surface area contributed by atoms with E-state index < -0.39 is 34.5 Å². The van der Waals surface area contributed by atoms with Crippen molar-refractivity contribution in [1.29, 1.82) is 0 Å². The van der Waals surface area contributed by atoms with Crippen molar-refractivity contribution in [2.24, 2.45) is 5.92 Å². The van der Waals surface area contributed by atoms with Gasteiger partial charge >= 0.3 is 11.7 Å². The van der Waals surface area contributed by atoms with Gasteiger partial charge in [-0.15, -0.1) is 0 Å². The number of hydrogen-bond acceptors (Lipinski definition) is 8. The summed E-state index contributed by atoms with van der Waals surface area (Å²) in [5.41, 5.74) is -0.328. The van der Waals surface area contributed by atoms with E-state index >= 15 is 0 Å². The van der Waals surface area contributed by atoms with E-state index in [4.69, 9.17) is 14.2 Å². The van der Waals surface area contributed by atoms with E-state index in [1.165, 1.54) is 41.1 Å². The number of ether oxygens (including phenoxy) is 3. The Kier molecular flexibility index (Phi) is 7.95. The lowest BCUT2D eigenvalue weighted by molar-refractivity contribution is -0.384. The van der Waals surface area contributed by atoms with E-state index in [0.717, 1.165) is 10.1 Å². The Morgan fingerprint density at radius 1 is 1.08 bits per heavy atom.